The molecule has 0 bridgehead atoms. The van der Waals surface area contributed by atoms with Crippen molar-refractivity contribution in [2.75, 3.05) is 0 Å². The topological polar surface area (TPSA) is 17.8 Å². The molecule has 14 heavy (non-hydrogen) atoms. The van der Waals surface area contributed by atoms with Gasteiger partial charge in [-0.1, -0.05) is 29.3 Å². The smallest absolute Gasteiger partial charge is 0.0923 e. The highest BCUT2D eigenvalue weighted by Gasteiger charge is 2.03. The molecule has 0 aliphatic rings. The van der Waals surface area contributed by atoms with Crippen LogP contribution in [-0.4, -0.2) is 9.78 Å². The Balaban J connectivity index is 2.47. The van der Waals surface area contributed by atoms with E-state index in [1.807, 2.05) is 31.4 Å². The molecular formula is C10H8Cl2N2. The Bertz CT molecular complexity index is 463. The first-order chi connectivity index (χ1) is 6.66. The van der Waals surface area contributed by atoms with E-state index in [2.05, 4.69) is 5.10 Å². The number of aryl methyl sites for hydroxylation is 1. The molecule has 0 aliphatic heterocycles. The lowest BCUT2D eigenvalue weighted by Crippen LogP contribution is -1.87. The lowest BCUT2D eigenvalue weighted by atomic mass is 10.2. The first-order valence-electron chi connectivity index (χ1n) is 4.12. The van der Waals surface area contributed by atoms with Crippen LogP contribution in [0, 0.1) is 0 Å². The van der Waals surface area contributed by atoms with Crippen molar-refractivity contribution in [3.63, 3.8) is 0 Å². The summed E-state index contributed by atoms with van der Waals surface area (Å²) in [5.41, 5.74) is 1.87. The van der Waals surface area contributed by atoms with Gasteiger partial charge in [0.25, 0.3) is 0 Å². The molecule has 0 saturated heterocycles. The maximum Gasteiger partial charge on any atom is 0.0923 e. The number of nitrogens with zero attached hydrogens (tertiary/aromatic N) is 2. The van der Waals surface area contributed by atoms with Gasteiger partial charge in [0.15, 0.2) is 0 Å². The maximum absolute atomic E-state index is 5.90. The average molecular weight is 227 g/mol. The summed E-state index contributed by atoms with van der Waals surface area (Å²) in [6.07, 6.45) is 1.89. The average Bonchev–Trinajstić information content (AvgIpc) is 2.57. The predicted octanol–water partition coefficient (Wildman–Crippen LogP) is 3.39. The van der Waals surface area contributed by atoms with Crippen LogP contribution in [0.2, 0.25) is 10.0 Å². The predicted molar refractivity (Wildman–Crippen MR) is 58.7 cm³/mol. The zero-order valence-corrected chi connectivity index (χ0v) is 9.05. The second kappa shape index (κ2) is 3.64. The van der Waals surface area contributed by atoms with Crippen molar-refractivity contribution >= 4 is 23.2 Å². The fraction of sp³-hybridized carbons (Fsp3) is 0.100. The summed E-state index contributed by atoms with van der Waals surface area (Å²) in [5.74, 6) is 0. The van der Waals surface area contributed by atoms with Crippen LogP contribution in [0.3, 0.4) is 0 Å². The molecule has 0 atom stereocenters. The van der Waals surface area contributed by atoms with Gasteiger partial charge in [0.2, 0.25) is 0 Å². The molecule has 0 unspecified atom stereocenters. The molecule has 0 aliphatic carbocycles. The van der Waals surface area contributed by atoms with Crippen LogP contribution < -0.4 is 0 Å². The third-order valence-electron chi connectivity index (χ3n) is 1.93. The zero-order valence-electron chi connectivity index (χ0n) is 7.54. The summed E-state index contributed by atoms with van der Waals surface area (Å²) >= 11 is 11.7. The van der Waals surface area contributed by atoms with Crippen molar-refractivity contribution in [3.05, 3.63) is 40.5 Å². The molecule has 72 valence electrons. The Morgan fingerprint density at radius 1 is 1.14 bits per heavy atom. The highest BCUT2D eigenvalue weighted by Crippen LogP contribution is 2.27. The highest BCUT2D eigenvalue weighted by molar-refractivity contribution is 6.42. The van der Waals surface area contributed by atoms with Gasteiger partial charge < -0.3 is 0 Å². The molecule has 0 amide bonds. The molecular weight excluding hydrogens is 219 g/mol. The largest absolute Gasteiger partial charge is 0.275 e. The first-order valence-corrected chi connectivity index (χ1v) is 4.87. The van der Waals surface area contributed by atoms with Crippen molar-refractivity contribution in [3.8, 4) is 11.3 Å². The minimum atomic E-state index is 0.551. The monoisotopic (exact) mass is 226 g/mol. The van der Waals surface area contributed by atoms with Gasteiger partial charge in [-0.3, -0.25) is 4.68 Å². The molecule has 4 heteroatoms. The normalized spacial score (nSPS) is 10.5. The molecule has 1 heterocycles. The van der Waals surface area contributed by atoms with Crippen LogP contribution in [0.5, 0.6) is 0 Å². The molecule has 0 saturated carbocycles. The van der Waals surface area contributed by atoms with Crippen LogP contribution in [0.4, 0.5) is 0 Å². The van der Waals surface area contributed by atoms with Crippen molar-refractivity contribution < 1.29 is 0 Å². The van der Waals surface area contributed by atoms with Crippen LogP contribution in [0.25, 0.3) is 11.3 Å². The van der Waals surface area contributed by atoms with Gasteiger partial charge in [0.05, 0.1) is 15.7 Å². The molecule has 1 aromatic heterocycles. The van der Waals surface area contributed by atoms with Gasteiger partial charge in [-0.25, -0.2) is 0 Å². The number of aromatic nitrogens is 2. The number of benzene rings is 1. The molecule has 0 fully saturated rings. The minimum Gasteiger partial charge on any atom is -0.275 e. The van der Waals surface area contributed by atoms with Gasteiger partial charge in [0, 0.05) is 18.8 Å². The van der Waals surface area contributed by atoms with E-state index < -0.39 is 0 Å². The number of rotatable bonds is 1. The minimum absolute atomic E-state index is 0.551. The molecule has 2 rings (SSSR count). The zero-order chi connectivity index (χ0) is 10.1. The van der Waals surface area contributed by atoms with E-state index in [0.717, 1.165) is 11.3 Å². The maximum atomic E-state index is 5.90. The summed E-state index contributed by atoms with van der Waals surface area (Å²) in [4.78, 5) is 0. The first kappa shape index (κ1) is 9.56. The van der Waals surface area contributed by atoms with Crippen molar-refractivity contribution in [1.29, 1.82) is 0 Å². The molecule has 0 N–H and O–H groups in total. The Labute approximate surface area is 92.1 Å². The van der Waals surface area contributed by atoms with E-state index in [0.29, 0.717) is 10.0 Å². The van der Waals surface area contributed by atoms with Gasteiger partial charge in [0.1, 0.15) is 0 Å². The van der Waals surface area contributed by atoms with E-state index in [4.69, 9.17) is 23.2 Å². The van der Waals surface area contributed by atoms with Crippen LogP contribution in [-0.2, 0) is 7.05 Å². The Morgan fingerprint density at radius 3 is 2.50 bits per heavy atom. The number of halogens is 2. The fourth-order valence-corrected chi connectivity index (χ4v) is 1.52. The summed E-state index contributed by atoms with van der Waals surface area (Å²) in [6, 6.07) is 7.41. The standard InChI is InChI=1S/C10H8Cl2N2/c1-14-5-4-10(13-14)7-2-3-8(11)9(12)6-7/h2-6H,1H3. The summed E-state index contributed by atoms with van der Waals surface area (Å²) in [7, 11) is 1.88. The van der Waals surface area contributed by atoms with E-state index in [-0.39, 0.29) is 0 Å². The van der Waals surface area contributed by atoms with Crippen LogP contribution >= 0.6 is 23.2 Å². The van der Waals surface area contributed by atoms with Crippen molar-refractivity contribution in [2.24, 2.45) is 7.05 Å². The molecule has 0 radical (unpaired) electrons. The number of hydrogen-bond acceptors (Lipinski definition) is 1. The van der Waals surface area contributed by atoms with E-state index in [9.17, 15) is 0 Å². The highest BCUT2D eigenvalue weighted by atomic mass is 35.5. The molecule has 1 aromatic carbocycles. The lowest BCUT2D eigenvalue weighted by Gasteiger charge is -1.99. The second-order valence-electron chi connectivity index (χ2n) is 3.00. The summed E-state index contributed by atoms with van der Waals surface area (Å²) in [6.45, 7) is 0. The quantitative estimate of drug-likeness (QED) is 0.730. The van der Waals surface area contributed by atoms with Crippen molar-refractivity contribution in [1.82, 2.24) is 9.78 Å². The van der Waals surface area contributed by atoms with E-state index in [1.54, 1.807) is 10.7 Å². The van der Waals surface area contributed by atoms with Gasteiger partial charge in [-0.2, -0.15) is 5.10 Å². The van der Waals surface area contributed by atoms with Crippen LogP contribution in [0.1, 0.15) is 0 Å². The Morgan fingerprint density at radius 2 is 1.93 bits per heavy atom. The van der Waals surface area contributed by atoms with Crippen LogP contribution in [0.15, 0.2) is 30.5 Å². The second-order valence-corrected chi connectivity index (χ2v) is 3.82. The van der Waals surface area contributed by atoms with E-state index in [1.165, 1.54) is 0 Å². The van der Waals surface area contributed by atoms with E-state index >= 15 is 0 Å². The molecule has 2 aromatic rings. The fourth-order valence-electron chi connectivity index (χ4n) is 1.22. The molecule has 2 nitrogen and oxygen atoms in total. The third-order valence-corrected chi connectivity index (χ3v) is 2.67. The summed E-state index contributed by atoms with van der Waals surface area (Å²) < 4.78 is 1.75. The van der Waals surface area contributed by atoms with Gasteiger partial charge in [-0.05, 0) is 18.2 Å². The van der Waals surface area contributed by atoms with Gasteiger partial charge in [-0.15, -0.1) is 0 Å². The Hall–Kier alpha value is -0.990. The Kier molecular flexibility index (Phi) is 2.48. The van der Waals surface area contributed by atoms with Crippen molar-refractivity contribution in [2.45, 2.75) is 0 Å². The SMILES string of the molecule is Cn1ccc(-c2ccc(Cl)c(Cl)c2)n1. The lowest BCUT2D eigenvalue weighted by molar-refractivity contribution is 0.771. The third kappa shape index (κ3) is 1.76. The summed E-state index contributed by atoms with van der Waals surface area (Å²) in [5, 5.41) is 5.38. The van der Waals surface area contributed by atoms with Gasteiger partial charge >= 0.3 is 0 Å². The molecule has 0 spiro atoms. The number of hydrogen-bond donors (Lipinski definition) is 0.